The average Bonchev–Trinajstić information content (AvgIpc) is 2.62. The number of nitrogens with zero attached hydrogens (tertiary/aromatic N) is 1. The lowest BCUT2D eigenvalue weighted by Gasteiger charge is -2.34. The summed E-state index contributed by atoms with van der Waals surface area (Å²) in [6.45, 7) is 2.30. The van der Waals surface area contributed by atoms with Gasteiger partial charge < -0.3 is 4.90 Å². The Morgan fingerprint density at radius 2 is 1.36 bits per heavy atom. The van der Waals surface area contributed by atoms with Crippen LogP contribution in [0.5, 0.6) is 0 Å². The second-order valence-corrected chi connectivity index (χ2v) is 6.17. The van der Waals surface area contributed by atoms with Crippen molar-refractivity contribution < 1.29 is 0 Å². The van der Waals surface area contributed by atoms with Crippen LogP contribution in [-0.4, -0.2) is 13.1 Å². The van der Waals surface area contributed by atoms with Crippen molar-refractivity contribution in [1.29, 1.82) is 0 Å². The van der Waals surface area contributed by atoms with Gasteiger partial charge in [-0.15, -0.1) is 0 Å². The first-order valence-corrected chi connectivity index (χ1v) is 8.19. The van der Waals surface area contributed by atoms with Crippen molar-refractivity contribution in [3.8, 4) is 0 Å². The molecule has 110 valence electrons. The molecular weight excluding hydrogens is 266 g/mol. The molecule has 0 spiro atoms. The molecule has 4 rings (SSSR count). The maximum absolute atomic E-state index is 2.52. The zero-order valence-electron chi connectivity index (χ0n) is 12.8. The predicted molar refractivity (Wildman–Crippen MR) is 94.6 cm³/mol. The van der Waals surface area contributed by atoms with Crippen LogP contribution in [0.25, 0.3) is 10.8 Å². The molecule has 0 aliphatic carbocycles. The molecule has 0 saturated carbocycles. The molecule has 0 aromatic heterocycles. The molecule has 0 N–H and O–H groups in total. The van der Waals surface area contributed by atoms with E-state index in [2.05, 4.69) is 77.7 Å². The van der Waals surface area contributed by atoms with Crippen LogP contribution in [0.2, 0.25) is 0 Å². The smallest absolute Gasteiger partial charge is 0.0366 e. The van der Waals surface area contributed by atoms with E-state index in [1.54, 1.807) is 0 Å². The van der Waals surface area contributed by atoms with Gasteiger partial charge in [-0.3, -0.25) is 0 Å². The number of benzene rings is 3. The number of hydrogen-bond donors (Lipinski definition) is 0. The van der Waals surface area contributed by atoms with Gasteiger partial charge in [0.2, 0.25) is 0 Å². The summed E-state index contributed by atoms with van der Waals surface area (Å²) in [6.07, 6.45) is 2.48. The molecule has 22 heavy (non-hydrogen) atoms. The van der Waals surface area contributed by atoms with Gasteiger partial charge in [0.1, 0.15) is 0 Å². The second-order valence-electron chi connectivity index (χ2n) is 6.17. The van der Waals surface area contributed by atoms with Crippen molar-refractivity contribution >= 4 is 16.5 Å². The fraction of sp³-hybridized carbons (Fsp3) is 0.238. The quantitative estimate of drug-likeness (QED) is 0.624. The summed E-state index contributed by atoms with van der Waals surface area (Å²) in [5.41, 5.74) is 2.89. The van der Waals surface area contributed by atoms with Crippen molar-refractivity contribution in [2.45, 2.75) is 18.8 Å². The average molecular weight is 287 g/mol. The Morgan fingerprint density at radius 3 is 2.18 bits per heavy atom. The first kappa shape index (κ1) is 13.4. The lowest BCUT2D eigenvalue weighted by atomic mass is 9.86. The minimum Gasteiger partial charge on any atom is -0.371 e. The van der Waals surface area contributed by atoms with Gasteiger partial charge in [0.25, 0.3) is 0 Å². The standard InChI is InChI=1S/C21H21N/c1-2-9-19(10-3-1)22-15-13-18(14-16-22)21-12-6-8-17-7-4-5-11-20(17)21/h1-12,18H,13-16H2. The molecule has 1 aliphatic heterocycles. The third-order valence-electron chi connectivity index (χ3n) is 4.88. The molecule has 0 unspecified atom stereocenters. The molecule has 0 amide bonds. The monoisotopic (exact) mass is 287 g/mol. The third-order valence-corrected chi connectivity index (χ3v) is 4.88. The maximum atomic E-state index is 2.52. The summed E-state index contributed by atoms with van der Waals surface area (Å²) in [6, 6.07) is 26.3. The molecule has 1 nitrogen and oxygen atoms in total. The molecule has 3 aromatic rings. The molecule has 1 fully saturated rings. The molecule has 0 radical (unpaired) electrons. The van der Waals surface area contributed by atoms with E-state index in [4.69, 9.17) is 0 Å². The van der Waals surface area contributed by atoms with E-state index in [0.717, 1.165) is 13.1 Å². The van der Waals surface area contributed by atoms with E-state index < -0.39 is 0 Å². The highest BCUT2D eigenvalue weighted by Gasteiger charge is 2.21. The molecule has 0 bridgehead atoms. The van der Waals surface area contributed by atoms with Gasteiger partial charge >= 0.3 is 0 Å². The molecule has 3 aromatic carbocycles. The molecule has 1 heteroatoms. The summed E-state index contributed by atoms with van der Waals surface area (Å²) in [7, 11) is 0. The Bertz CT molecular complexity index is 750. The van der Waals surface area contributed by atoms with Crippen molar-refractivity contribution in [3.05, 3.63) is 78.4 Å². The Balaban J connectivity index is 1.56. The minimum atomic E-state index is 0.686. The highest BCUT2D eigenvalue weighted by molar-refractivity contribution is 5.86. The van der Waals surface area contributed by atoms with Gasteiger partial charge in [-0.2, -0.15) is 0 Å². The number of fused-ring (bicyclic) bond motifs is 1. The summed E-state index contributed by atoms with van der Waals surface area (Å²) in [5.74, 6) is 0.686. The van der Waals surface area contributed by atoms with E-state index >= 15 is 0 Å². The summed E-state index contributed by atoms with van der Waals surface area (Å²) < 4.78 is 0. The van der Waals surface area contributed by atoms with Crippen LogP contribution < -0.4 is 4.90 Å². The van der Waals surface area contributed by atoms with E-state index in [-0.39, 0.29) is 0 Å². The van der Waals surface area contributed by atoms with Crippen LogP contribution >= 0.6 is 0 Å². The zero-order valence-corrected chi connectivity index (χ0v) is 12.8. The van der Waals surface area contributed by atoms with E-state index in [0.29, 0.717) is 5.92 Å². The van der Waals surface area contributed by atoms with Crippen LogP contribution in [-0.2, 0) is 0 Å². The van der Waals surface area contributed by atoms with Crippen molar-refractivity contribution in [2.75, 3.05) is 18.0 Å². The zero-order chi connectivity index (χ0) is 14.8. The lowest BCUT2D eigenvalue weighted by Crippen LogP contribution is -2.32. The Labute approximate surface area is 132 Å². The topological polar surface area (TPSA) is 3.24 Å². The Hall–Kier alpha value is -2.28. The Morgan fingerprint density at radius 1 is 0.682 bits per heavy atom. The largest absolute Gasteiger partial charge is 0.371 e. The maximum Gasteiger partial charge on any atom is 0.0366 e. The number of anilines is 1. The van der Waals surface area contributed by atoms with Crippen LogP contribution in [0.3, 0.4) is 0 Å². The first-order valence-electron chi connectivity index (χ1n) is 8.19. The van der Waals surface area contributed by atoms with Gasteiger partial charge in [0, 0.05) is 18.8 Å². The second kappa shape index (κ2) is 5.84. The number of hydrogen-bond acceptors (Lipinski definition) is 1. The molecule has 0 atom stereocenters. The molecule has 1 aliphatic rings. The minimum absolute atomic E-state index is 0.686. The van der Waals surface area contributed by atoms with Gasteiger partial charge in [0.05, 0.1) is 0 Å². The predicted octanol–water partition coefficient (Wildman–Crippen LogP) is 5.22. The summed E-state index contributed by atoms with van der Waals surface area (Å²) in [5, 5.41) is 2.80. The highest BCUT2D eigenvalue weighted by Crippen LogP contribution is 2.34. The van der Waals surface area contributed by atoms with Gasteiger partial charge in [-0.05, 0) is 47.2 Å². The van der Waals surface area contributed by atoms with Crippen molar-refractivity contribution in [2.24, 2.45) is 0 Å². The fourth-order valence-electron chi connectivity index (χ4n) is 3.69. The molecule has 1 heterocycles. The number of piperidine rings is 1. The lowest BCUT2D eigenvalue weighted by molar-refractivity contribution is 0.508. The van der Waals surface area contributed by atoms with Gasteiger partial charge in [0.15, 0.2) is 0 Å². The van der Waals surface area contributed by atoms with Crippen LogP contribution in [0.4, 0.5) is 5.69 Å². The van der Waals surface area contributed by atoms with E-state index in [1.165, 1.54) is 34.9 Å². The highest BCUT2D eigenvalue weighted by atomic mass is 15.1. The SMILES string of the molecule is c1ccc(N2CCC(c3cccc4ccccc34)CC2)cc1. The summed E-state index contributed by atoms with van der Waals surface area (Å²) >= 11 is 0. The van der Waals surface area contributed by atoms with Crippen LogP contribution in [0.15, 0.2) is 72.8 Å². The van der Waals surface area contributed by atoms with Crippen molar-refractivity contribution in [1.82, 2.24) is 0 Å². The van der Waals surface area contributed by atoms with E-state index in [9.17, 15) is 0 Å². The van der Waals surface area contributed by atoms with E-state index in [1.807, 2.05) is 0 Å². The van der Waals surface area contributed by atoms with Crippen molar-refractivity contribution in [3.63, 3.8) is 0 Å². The third kappa shape index (κ3) is 2.48. The number of para-hydroxylation sites is 1. The first-order chi connectivity index (χ1) is 10.9. The van der Waals surface area contributed by atoms with Gasteiger partial charge in [-0.25, -0.2) is 0 Å². The van der Waals surface area contributed by atoms with Gasteiger partial charge in [-0.1, -0.05) is 60.7 Å². The summed E-state index contributed by atoms with van der Waals surface area (Å²) in [4.78, 5) is 2.52. The molecular formula is C21H21N. The van der Waals surface area contributed by atoms with Crippen LogP contribution in [0.1, 0.15) is 24.3 Å². The normalized spacial score (nSPS) is 16.1. The Kier molecular flexibility index (Phi) is 3.56. The fourth-order valence-corrected chi connectivity index (χ4v) is 3.69. The number of rotatable bonds is 2. The van der Waals surface area contributed by atoms with Crippen LogP contribution in [0, 0.1) is 0 Å². The molecule has 1 saturated heterocycles.